The summed E-state index contributed by atoms with van der Waals surface area (Å²) in [6, 6.07) is 8.00. The normalized spacial score (nSPS) is 13.8. The first-order chi connectivity index (χ1) is 22.1. The molecular weight excluding hydrogens is 651 g/mol. The summed E-state index contributed by atoms with van der Waals surface area (Å²) in [6.07, 6.45) is -2.28. The second-order valence-corrected chi connectivity index (χ2v) is 11.8. The first kappa shape index (κ1) is 37.3. The smallest absolute Gasteiger partial charge is 0.453 e. The molecule has 2 atom stereocenters. The standard InChI is InChI=1S/C33H33F5O8S/c1-3-8-23-26(13-12-21(19(2)39)30(23)42)45-16-7-5-4-6-9-29(24(40)14-15-32(34,35)33(36,37)38)47-20-10-11-22-25(41)18-28(31(43)44)46-27(22)17-20/h4-6,9-13,17-18,24,29,40,42H,3,7-8,14-16H2,1-2H3,(H,43,44)/b5-4-,9-6+/t24-,29+/m1/s1. The average molecular weight is 685 g/mol. The summed E-state index contributed by atoms with van der Waals surface area (Å²) in [5, 5.41) is 29.4. The third kappa shape index (κ3) is 9.91. The summed E-state index contributed by atoms with van der Waals surface area (Å²) in [5.74, 6) is -7.08. The zero-order chi connectivity index (χ0) is 34.9. The van der Waals surface area contributed by atoms with Crippen LogP contribution in [-0.4, -0.2) is 57.1 Å². The molecule has 0 saturated carbocycles. The SMILES string of the molecule is CCCc1c(OCC/C=C\C=C\[C@H](Sc2ccc3c(=O)cc(C(=O)O)oc3c2)[C@H](O)CCC(F)(F)C(F)(F)F)ccc(C(C)=O)c1O. The Morgan fingerprint density at radius 2 is 1.81 bits per heavy atom. The fraction of sp³-hybridized carbons (Fsp3) is 0.364. The van der Waals surface area contributed by atoms with Gasteiger partial charge >= 0.3 is 18.1 Å². The number of thioether (sulfide) groups is 1. The van der Waals surface area contributed by atoms with Crippen molar-refractivity contribution < 1.29 is 56.0 Å². The number of hydrogen-bond acceptors (Lipinski definition) is 8. The van der Waals surface area contributed by atoms with Crippen LogP contribution in [0, 0.1) is 0 Å². The number of phenolic OH excluding ortho intramolecular Hbond substituents is 1. The van der Waals surface area contributed by atoms with Crippen LogP contribution in [0.3, 0.4) is 0 Å². The third-order valence-electron chi connectivity index (χ3n) is 6.94. The molecule has 3 N–H and O–H groups in total. The number of alkyl halides is 5. The summed E-state index contributed by atoms with van der Waals surface area (Å²) in [4.78, 5) is 35.6. The zero-order valence-electron chi connectivity index (χ0n) is 25.4. The Balaban J connectivity index is 1.75. The van der Waals surface area contributed by atoms with E-state index in [1.54, 1.807) is 18.2 Å². The topological polar surface area (TPSA) is 134 Å². The molecule has 14 heteroatoms. The Morgan fingerprint density at radius 3 is 2.45 bits per heavy atom. The van der Waals surface area contributed by atoms with Crippen molar-refractivity contribution in [2.75, 3.05) is 6.61 Å². The highest BCUT2D eigenvalue weighted by molar-refractivity contribution is 8.00. The highest BCUT2D eigenvalue weighted by Crippen LogP contribution is 2.40. The number of aliphatic hydroxyl groups excluding tert-OH is 1. The predicted molar refractivity (Wildman–Crippen MR) is 166 cm³/mol. The molecule has 8 nitrogen and oxygen atoms in total. The number of phenols is 1. The van der Waals surface area contributed by atoms with Gasteiger partial charge in [-0.3, -0.25) is 9.59 Å². The van der Waals surface area contributed by atoms with Gasteiger partial charge in [-0.05, 0) is 56.5 Å². The molecular formula is C33H33F5O8S. The van der Waals surface area contributed by atoms with E-state index in [0.29, 0.717) is 35.5 Å². The van der Waals surface area contributed by atoms with Crippen LogP contribution in [0.2, 0.25) is 0 Å². The van der Waals surface area contributed by atoms with Gasteiger partial charge in [-0.15, -0.1) is 11.8 Å². The van der Waals surface area contributed by atoms with Crippen molar-refractivity contribution in [1.82, 2.24) is 0 Å². The molecule has 3 rings (SSSR count). The lowest BCUT2D eigenvalue weighted by molar-refractivity contribution is -0.285. The summed E-state index contributed by atoms with van der Waals surface area (Å²) in [5.41, 5.74) is 0.000565. The van der Waals surface area contributed by atoms with Crippen LogP contribution < -0.4 is 10.2 Å². The van der Waals surface area contributed by atoms with E-state index in [9.17, 15) is 51.7 Å². The number of rotatable bonds is 16. The van der Waals surface area contributed by atoms with Gasteiger partial charge in [0.15, 0.2) is 11.2 Å². The maximum absolute atomic E-state index is 13.6. The Hall–Kier alpha value is -4.17. The van der Waals surface area contributed by atoms with Gasteiger partial charge in [-0.2, -0.15) is 22.0 Å². The molecule has 254 valence electrons. The zero-order valence-corrected chi connectivity index (χ0v) is 26.2. The van der Waals surface area contributed by atoms with Crippen molar-refractivity contribution in [3.8, 4) is 11.5 Å². The van der Waals surface area contributed by atoms with E-state index in [0.717, 1.165) is 17.8 Å². The van der Waals surface area contributed by atoms with Crippen molar-refractivity contribution in [1.29, 1.82) is 0 Å². The lowest BCUT2D eigenvalue weighted by Crippen LogP contribution is -2.37. The molecule has 0 aliphatic rings. The lowest BCUT2D eigenvalue weighted by atomic mass is 10.0. The minimum atomic E-state index is -5.78. The van der Waals surface area contributed by atoms with Gasteiger partial charge in [-0.1, -0.05) is 37.6 Å². The summed E-state index contributed by atoms with van der Waals surface area (Å²) < 4.78 is 76.4. The van der Waals surface area contributed by atoms with E-state index < -0.39 is 53.5 Å². The van der Waals surface area contributed by atoms with E-state index in [2.05, 4.69) is 0 Å². The second kappa shape index (κ2) is 16.1. The number of carbonyl (C=O) groups is 2. The first-order valence-electron chi connectivity index (χ1n) is 14.5. The minimum Gasteiger partial charge on any atom is -0.507 e. The molecule has 0 radical (unpaired) electrons. The Morgan fingerprint density at radius 1 is 1.09 bits per heavy atom. The number of ether oxygens (including phenoxy) is 1. The molecule has 0 spiro atoms. The van der Waals surface area contributed by atoms with Gasteiger partial charge < -0.3 is 24.5 Å². The van der Waals surface area contributed by atoms with Crippen molar-refractivity contribution in [3.63, 3.8) is 0 Å². The lowest BCUT2D eigenvalue weighted by Gasteiger charge is -2.24. The highest BCUT2D eigenvalue weighted by atomic mass is 32.2. The molecule has 1 aromatic heterocycles. The van der Waals surface area contributed by atoms with Crippen LogP contribution in [0.5, 0.6) is 11.5 Å². The van der Waals surface area contributed by atoms with E-state index in [4.69, 9.17) is 9.15 Å². The quantitative estimate of drug-likeness (QED) is 0.0456. The molecule has 47 heavy (non-hydrogen) atoms. The van der Waals surface area contributed by atoms with Gasteiger partial charge in [0.1, 0.15) is 17.1 Å². The largest absolute Gasteiger partial charge is 0.507 e. The Kier molecular flexibility index (Phi) is 12.8. The maximum atomic E-state index is 13.6. The van der Waals surface area contributed by atoms with E-state index in [-0.39, 0.29) is 34.7 Å². The highest BCUT2D eigenvalue weighted by Gasteiger charge is 2.56. The van der Waals surface area contributed by atoms with E-state index >= 15 is 0 Å². The molecule has 0 amide bonds. The molecule has 0 fully saturated rings. The number of Topliss-reactive ketones (excluding diaryl/α,β-unsaturated/α-hetero) is 1. The number of aliphatic hydroxyl groups is 1. The summed E-state index contributed by atoms with van der Waals surface area (Å²) >= 11 is 0.887. The van der Waals surface area contributed by atoms with Gasteiger partial charge in [0.2, 0.25) is 5.76 Å². The van der Waals surface area contributed by atoms with Gasteiger partial charge in [0.05, 0.1) is 28.9 Å². The molecule has 3 aromatic rings. The van der Waals surface area contributed by atoms with Gasteiger partial charge in [-0.25, -0.2) is 4.79 Å². The van der Waals surface area contributed by atoms with Crippen LogP contribution in [0.1, 0.15) is 66.0 Å². The number of carbonyl (C=O) groups excluding carboxylic acids is 1. The number of allylic oxidation sites excluding steroid dienone is 2. The van der Waals surface area contributed by atoms with Crippen molar-refractivity contribution in [2.45, 2.75) is 74.3 Å². The number of carboxylic acid groups (broad SMARTS) is 1. The van der Waals surface area contributed by atoms with Crippen LogP contribution in [-0.2, 0) is 6.42 Å². The number of halogens is 5. The number of aromatic carboxylic acids is 1. The first-order valence-corrected chi connectivity index (χ1v) is 15.4. The number of fused-ring (bicyclic) bond motifs is 1. The van der Waals surface area contributed by atoms with Crippen LogP contribution in [0.15, 0.2) is 74.8 Å². The predicted octanol–water partition coefficient (Wildman–Crippen LogP) is 7.73. The summed E-state index contributed by atoms with van der Waals surface area (Å²) in [6.45, 7) is 3.45. The number of carboxylic acids is 1. The fourth-order valence-electron chi connectivity index (χ4n) is 4.47. The monoisotopic (exact) mass is 684 g/mol. The fourth-order valence-corrected chi connectivity index (χ4v) is 5.57. The number of benzene rings is 2. The van der Waals surface area contributed by atoms with Crippen molar-refractivity contribution in [2.24, 2.45) is 0 Å². The maximum Gasteiger partial charge on any atom is 0.453 e. The Bertz CT molecular complexity index is 1700. The second-order valence-electron chi connectivity index (χ2n) is 10.5. The van der Waals surface area contributed by atoms with Gasteiger partial charge in [0.25, 0.3) is 0 Å². The molecule has 0 bridgehead atoms. The summed E-state index contributed by atoms with van der Waals surface area (Å²) in [7, 11) is 0. The van der Waals surface area contributed by atoms with Gasteiger partial charge in [0, 0.05) is 22.9 Å². The number of ketones is 1. The molecule has 1 heterocycles. The van der Waals surface area contributed by atoms with E-state index in [1.165, 1.54) is 43.3 Å². The number of hydrogen-bond donors (Lipinski definition) is 3. The average Bonchev–Trinajstić information content (AvgIpc) is 2.99. The van der Waals surface area contributed by atoms with Crippen LogP contribution in [0.25, 0.3) is 11.0 Å². The molecule has 0 saturated heterocycles. The molecule has 0 aliphatic heterocycles. The van der Waals surface area contributed by atoms with Crippen LogP contribution in [0.4, 0.5) is 22.0 Å². The third-order valence-corrected chi connectivity index (χ3v) is 8.21. The minimum absolute atomic E-state index is 0.0637. The van der Waals surface area contributed by atoms with Crippen molar-refractivity contribution >= 4 is 34.5 Å². The molecule has 2 aromatic carbocycles. The molecule has 0 aliphatic carbocycles. The Labute approximate surface area is 270 Å². The molecule has 0 unspecified atom stereocenters. The number of aromatic hydroxyl groups is 1. The van der Waals surface area contributed by atoms with Crippen LogP contribution >= 0.6 is 11.8 Å². The van der Waals surface area contributed by atoms with E-state index in [1.807, 2.05) is 6.92 Å². The van der Waals surface area contributed by atoms with Crippen molar-refractivity contribution in [3.05, 3.63) is 87.8 Å².